The molecule has 2 unspecified atom stereocenters. The Hall–Kier alpha value is -0.0800. The molecule has 0 aromatic heterocycles. The second-order valence-electron chi connectivity index (χ2n) is 5.18. The maximum Gasteiger partial charge on any atom is 0.00939 e. The van der Waals surface area contributed by atoms with Crippen molar-refractivity contribution >= 4 is 0 Å². The van der Waals surface area contributed by atoms with Crippen molar-refractivity contribution in [1.29, 1.82) is 0 Å². The molecule has 0 saturated carbocycles. The van der Waals surface area contributed by atoms with E-state index in [9.17, 15) is 0 Å². The molecule has 0 bridgehead atoms. The molecule has 0 amide bonds. The average molecular weight is 226 g/mol. The van der Waals surface area contributed by atoms with Crippen LogP contribution in [-0.2, 0) is 0 Å². The normalized spacial score (nSPS) is 25.9. The van der Waals surface area contributed by atoms with Crippen molar-refractivity contribution in [2.75, 3.05) is 13.1 Å². The van der Waals surface area contributed by atoms with E-state index in [-0.39, 0.29) is 0 Å². The lowest BCUT2D eigenvalue weighted by molar-refractivity contribution is 0.302. The molecule has 0 radical (unpaired) electrons. The number of hydrogen-bond acceptors (Lipinski definition) is 2. The third-order valence-electron chi connectivity index (χ3n) is 3.61. The summed E-state index contributed by atoms with van der Waals surface area (Å²) in [6, 6.07) is 1.55. The zero-order chi connectivity index (χ0) is 11.6. The zero-order valence-electron chi connectivity index (χ0n) is 11.2. The molecule has 1 aliphatic heterocycles. The molecule has 2 atom stereocenters. The van der Waals surface area contributed by atoms with E-state index in [1.165, 1.54) is 64.5 Å². The van der Waals surface area contributed by atoms with Crippen LogP contribution in [0.2, 0.25) is 0 Å². The third-order valence-corrected chi connectivity index (χ3v) is 3.61. The fourth-order valence-corrected chi connectivity index (χ4v) is 2.54. The Morgan fingerprint density at radius 1 is 1.12 bits per heavy atom. The first-order valence-corrected chi connectivity index (χ1v) is 7.33. The fourth-order valence-electron chi connectivity index (χ4n) is 2.54. The van der Waals surface area contributed by atoms with Gasteiger partial charge in [-0.2, -0.15) is 0 Å². The van der Waals surface area contributed by atoms with Crippen molar-refractivity contribution in [1.82, 2.24) is 10.6 Å². The van der Waals surface area contributed by atoms with Gasteiger partial charge in [-0.25, -0.2) is 0 Å². The maximum atomic E-state index is 3.70. The highest BCUT2D eigenvalue weighted by atomic mass is 15.0. The van der Waals surface area contributed by atoms with Crippen LogP contribution in [0.15, 0.2) is 0 Å². The van der Waals surface area contributed by atoms with Crippen LogP contribution < -0.4 is 10.6 Å². The Morgan fingerprint density at radius 2 is 1.94 bits per heavy atom. The zero-order valence-corrected chi connectivity index (χ0v) is 11.2. The lowest BCUT2D eigenvalue weighted by Crippen LogP contribution is -2.46. The SMILES string of the molecule is CCCCCC1CC(NCCCC)CCN1. The topological polar surface area (TPSA) is 24.1 Å². The molecule has 96 valence electrons. The number of unbranched alkanes of at least 4 members (excludes halogenated alkanes) is 3. The minimum Gasteiger partial charge on any atom is -0.314 e. The molecular formula is C14H30N2. The van der Waals surface area contributed by atoms with Gasteiger partial charge in [0.25, 0.3) is 0 Å². The summed E-state index contributed by atoms with van der Waals surface area (Å²) in [6.07, 6.45) is 10.8. The molecule has 0 aromatic carbocycles. The van der Waals surface area contributed by atoms with Gasteiger partial charge in [-0.1, -0.05) is 39.5 Å². The molecule has 16 heavy (non-hydrogen) atoms. The molecule has 0 spiro atoms. The van der Waals surface area contributed by atoms with E-state index in [0.29, 0.717) is 0 Å². The predicted octanol–water partition coefficient (Wildman–Crippen LogP) is 3.08. The summed E-state index contributed by atoms with van der Waals surface area (Å²) in [7, 11) is 0. The van der Waals surface area contributed by atoms with E-state index in [2.05, 4.69) is 24.5 Å². The molecule has 2 nitrogen and oxygen atoms in total. The van der Waals surface area contributed by atoms with E-state index >= 15 is 0 Å². The Bertz CT molecular complexity index is 143. The summed E-state index contributed by atoms with van der Waals surface area (Å²) in [5.74, 6) is 0. The minimum atomic E-state index is 0.777. The average Bonchev–Trinajstić information content (AvgIpc) is 2.30. The first kappa shape index (κ1) is 14.0. The van der Waals surface area contributed by atoms with E-state index in [4.69, 9.17) is 0 Å². The number of piperidine rings is 1. The maximum absolute atomic E-state index is 3.70. The monoisotopic (exact) mass is 226 g/mol. The molecule has 1 rings (SSSR count). The van der Waals surface area contributed by atoms with E-state index < -0.39 is 0 Å². The van der Waals surface area contributed by atoms with Crippen LogP contribution in [0, 0.1) is 0 Å². The molecular weight excluding hydrogens is 196 g/mol. The molecule has 0 aromatic rings. The molecule has 1 fully saturated rings. The van der Waals surface area contributed by atoms with Gasteiger partial charge in [0.1, 0.15) is 0 Å². The second-order valence-corrected chi connectivity index (χ2v) is 5.18. The van der Waals surface area contributed by atoms with Crippen LogP contribution in [0.4, 0.5) is 0 Å². The molecule has 1 aliphatic rings. The van der Waals surface area contributed by atoms with Gasteiger partial charge >= 0.3 is 0 Å². The Kier molecular flexibility index (Phi) is 7.87. The lowest BCUT2D eigenvalue weighted by atomic mass is 9.95. The second kappa shape index (κ2) is 9.00. The van der Waals surface area contributed by atoms with Gasteiger partial charge < -0.3 is 10.6 Å². The van der Waals surface area contributed by atoms with Crippen molar-refractivity contribution in [3.05, 3.63) is 0 Å². The van der Waals surface area contributed by atoms with Crippen LogP contribution in [0.25, 0.3) is 0 Å². The third kappa shape index (κ3) is 5.86. The molecule has 2 heteroatoms. The summed E-state index contributed by atoms with van der Waals surface area (Å²) in [6.45, 7) is 6.96. The number of nitrogens with one attached hydrogen (secondary N) is 2. The van der Waals surface area contributed by atoms with Crippen LogP contribution >= 0.6 is 0 Å². The highest BCUT2D eigenvalue weighted by Crippen LogP contribution is 2.14. The van der Waals surface area contributed by atoms with Crippen LogP contribution in [0.1, 0.15) is 65.2 Å². The summed E-state index contributed by atoms with van der Waals surface area (Å²) in [5, 5.41) is 7.36. The van der Waals surface area contributed by atoms with Gasteiger partial charge in [0.2, 0.25) is 0 Å². The van der Waals surface area contributed by atoms with Crippen molar-refractivity contribution in [3.63, 3.8) is 0 Å². The summed E-state index contributed by atoms with van der Waals surface area (Å²) in [4.78, 5) is 0. The lowest BCUT2D eigenvalue weighted by Gasteiger charge is -2.31. The minimum absolute atomic E-state index is 0.777. The first-order chi connectivity index (χ1) is 7.86. The number of hydrogen-bond donors (Lipinski definition) is 2. The smallest absolute Gasteiger partial charge is 0.00939 e. The van der Waals surface area contributed by atoms with Crippen molar-refractivity contribution in [3.8, 4) is 0 Å². The quantitative estimate of drug-likeness (QED) is 0.622. The highest BCUT2D eigenvalue weighted by molar-refractivity contribution is 4.82. The van der Waals surface area contributed by atoms with Gasteiger partial charge in [0.15, 0.2) is 0 Å². The summed E-state index contributed by atoms with van der Waals surface area (Å²) >= 11 is 0. The molecule has 1 saturated heterocycles. The number of rotatable bonds is 8. The standard InChI is InChI=1S/C14H30N2/c1-3-5-7-8-13-12-14(9-11-16-13)15-10-6-4-2/h13-16H,3-12H2,1-2H3. The Balaban J connectivity index is 2.09. The largest absolute Gasteiger partial charge is 0.314 e. The van der Waals surface area contributed by atoms with Crippen molar-refractivity contribution < 1.29 is 0 Å². The fraction of sp³-hybridized carbons (Fsp3) is 1.00. The van der Waals surface area contributed by atoms with Gasteiger partial charge in [-0.05, 0) is 38.8 Å². The molecule has 1 heterocycles. The van der Waals surface area contributed by atoms with E-state index in [1.54, 1.807) is 0 Å². The van der Waals surface area contributed by atoms with Crippen LogP contribution in [-0.4, -0.2) is 25.2 Å². The molecule has 2 N–H and O–H groups in total. The van der Waals surface area contributed by atoms with E-state index in [0.717, 1.165) is 12.1 Å². The van der Waals surface area contributed by atoms with Gasteiger partial charge in [0, 0.05) is 12.1 Å². The first-order valence-electron chi connectivity index (χ1n) is 7.33. The highest BCUT2D eigenvalue weighted by Gasteiger charge is 2.19. The summed E-state index contributed by atoms with van der Waals surface area (Å²) in [5.41, 5.74) is 0. The van der Waals surface area contributed by atoms with Gasteiger partial charge in [-0.3, -0.25) is 0 Å². The van der Waals surface area contributed by atoms with Gasteiger partial charge in [0.05, 0.1) is 0 Å². The van der Waals surface area contributed by atoms with Gasteiger partial charge in [-0.15, -0.1) is 0 Å². The Labute approximate surface area is 102 Å². The van der Waals surface area contributed by atoms with Crippen molar-refractivity contribution in [2.45, 2.75) is 77.3 Å². The predicted molar refractivity (Wildman–Crippen MR) is 71.9 cm³/mol. The van der Waals surface area contributed by atoms with Crippen molar-refractivity contribution in [2.24, 2.45) is 0 Å². The van der Waals surface area contributed by atoms with Crippen LogP contribution in [0.3, 0.4) is 0 Å². The summed E-state index contributed by atoms with van der Waals surface area (Å²) < 4.78 is 0. The molecule has 0 aliphatic carbocycles. The Morgan fingerprint density at radius 3 is 2.69 bits per heavy atom. The van der Waals surface area contributed by atoms with Crippen LogP contribution in [0.5, 0.6) is 0 Å². The van der Waals surface area contributed by atoms with E-state index in [1.807, 2.05) is 0 Å².